The third kappa shape index (κ3) is 5.54. The average Bonchev–Trinajstić information content (AvgIpc) is 3.23. The summed E-state index contributed by atoms with van der Waals surface area (Å²) in [5.74, 6) is 3.49. The molecule has 2 heterocycles. The summed E-state index contributed by atoms with van der Waals surface area (Å²) in [7, 11) is 1.29. The number of rotatable bonds is 9. The Morgan fingerprint density at radius 1 is 1.13 bits per heavy atom. The lowest BCUT2D eigenvalue weighted by Crippen LogP contribution is -2.39. The van der Waals surface area contributed by atoms with Crippen molar-refractivity contribution in [3.8, 4) is 29.6 Å². The van der Waals surface area contributed by atoms with E-state index in [0.29, 0.717) is 50.9 Å². The van der Waals surface area contributed by atoms with Crippen LogP contribution in [0.1, 0.15) is 31.0 Å². The molecule has 0 spiro atoms. The second-order valence-corrected chi connectivity index (χ2v) is 9.85. The van der Waals surface area contributed by atoms with Crippen molar-refractivity contribution in [3.63, 3.8) is 0 Å². The number of benzene rings is 2. The molecule has 0 aliphatic carbocycles. The predicted molar refractivity (Wildman–Crippen MR) is 148 cm³/mol. The first-order chi connectivity index (χ1) is 18.4. The molecule has 8 nitrogen and oxygen atoms in total. The van der Waals surface area contributed by atoms with E-state index in [1.165, 1.54) is 29.2 Å². The first kappa shape index (κ1) is 27.2. The Labute approximate surface area is 232 Å². The van der Waals surface area contributed by atoms with Gasteiger partial charge in [-0.15, -0.1) is 6.42 Å². The fourth-order valence-corrected chi connectivity index (χ4v) is 5.35. The Morgan fingerprint density at radius 3 is 2.58 bits per heavy atom. The first-order valence-electron chi connectivity index (χ1n) is 11.8. The molecule has 3 aromatic rings. The highest BCUT2D eigenvalue weighted by Crippen LogP contribution is 2.35. The Hall–Kier alpha value is -3.81. The van der Waals surface area contributed by atoms with E-state index in [4.69, 9.17) is 25.4 Å². The van der Waals surface area contributed by atoms with Crippen molar-refractivity contribution in [3.05, 3.63) is 83.5 Å². The Balaban J connectivity index is 1.91. The Bertz CT molecular complexity index is 1620. The molecule has 0 radical (unpaired) electrons. The summed E-state index contributed by atoms with van der Waals surface area (Å²) in [6, 6.07) is 10.0. The minimum atomic E-state index is -0.782. The summed E-state index contributed by atoms with van der Waals surface area (Å²) >= 11 is 4.67. The lowest BCUT2D eigenvalue weighted by molar-refractivity contribution is -0.136. The zero-order chi connectivity index (χ0) is 27.2. The molecule has 196 valence electrons. The number of halogens is 1. The van der Waals surface area contributed by atoms with Crippen molar-refractivity contribution >= 4 is 39.3 Å². The molecule has 0 N–H and O–H groups in total. The summed E-state index contributed by atoms with van der Waals surface area (Å²) in [6.07, 6.45) is 8.53. The van der Waals surface area contributed by atoms with Crippen molar-refractivity contribution < 1.29 is 23.7 Å². The van der Waals surface area contributed by atoms with Crippen LogP contribution in [0.5, 0.6) is 17.2 Å². The second kappa shape index (κ2) is 12.2. The van der Waals surface area contributed by atoms with Gasteiger partial charge in [-0.2, -0.15) is 0 Å². The number of ether oxygens (including phenoxy) is 4. The van der Waals surface area contributed by atoms with Gasteiger partial charge in [0, 0.05) is 16.2 Å². The van der Waals surface area contributed by atoms with Gasteiger partial charge >= 0.3 is 5.97 Å². The molecule has 1 aromatic heterocycles. The highest BCUT2D eigenvalue weighted by molar-refractivity contribution is 9.10. The summed E-state index contributed by atoms with van der Waals surface area (Å²) in [4.78, 5) is 31.4. The molecule has 10 heteroatoms. The van der Waals surface area contributed by atoms with Gasteiger partial charge in [0.15, 0.2) is 16.3 Å². The van der Waals surface area contributed by atoms with Crippen LogP contribution in [-0.4, -0.2) is 37.5 Å². The number of hydrogen-bond acceptors (Lipinski definition) is 8. The molecular formula is C28H25BrN2O6S. The van der Waals surface area contributed by atoms with Crippen molar-refractivity contribution in [2.45, 2.75) is 19.9 Å². The quantitative estimate of drug-likeness (QED) is 0.277. The van der Waals surface area contributed by atoms with Crippen LogP contribution >= 0.6 is 27.3 Å². The SMILES string of the molecule is C#CCOc1ccc(Br)cc1/C=c1/sc2n(c1=O)[C@H](c1ccc(OCC)c(OCC)c1)C(C(=O)OC)=CN=2. The number of nitrogens with zero attached hydrogens (tertiary/aromatic N) is 2. The van der Waals surface area contributed by atoms with Crippen LogP contribution in [0.25, 0.3) is 6.08 Å². The molecular weight excluding hydrogens is 572 g/mol. The van der Waals surface area contributed by atoms with Crippen LogP contribution in [0.3, 0.4) is 0 Å². The number of esters is 1. The molecule has 1 aliphatic heterocycles. The van der Waals surface area contributed by atoms with Gasteiger partial charge in [-0.05, 0) is 55.8 Å². The van der Waals surface area contributed by atoms with Gasteiger partial charge < -0.3 is 18.9 Å². The summed E-state index contributed by atoms with van der Waals surface area (Å²) in [5.41, 5.74) is 1.22. The van der Waals surface area contributed by atoms with Crippen LogP contribution in [0, 0.1) is 12.3 Å². The predicted octanol–water partition coefficient (Wildman–Crippen LogP) is 3.59. The van der Waals surface area contributed by atoms with Crippen molar-refractivity contribution in [2.75, 3.05) is 26.9 Å². The molecule has 0 amide bonds. The Kier molecular flexibility index (Phi) is 8.71. The topological polar surface area (TPSA) is 88.3 Å². The molecule has 0 unspecified atom stereocenters. The fourth-order valence-electron chi connectivity index (χ4n) is 4.01. The summed E-state index contributed by atoms with van der Waals surface area (Å²) in [6.45, 7) is 4.72. The van der Waals surface area contributed by atoms with Gasteiger partial charge in [0.2, 0.25) is 0 Å². The maximum Gasteiger partial charge on any atom is 0.337 e. The van der Waals surface area contributed by atoms with E-state index in [9.17, 15) is 9.59 Å². The maximum atomic E-state index is 13.8. The Morgan fingerprint density at radius 2 is 1.87 bits per heavy atom. The number of terminal acetylenes is 1. The molecule has 1 atom stereocenters. The van der Waals surface area contributed by atoms with Crippen molar-refractivity contribution in [2.24, 2.45) is 4.99 Å². The summed E-state index contributed by atoms with van der Waals surface area (Å²) in [5, 5.41) is 0. The number of hydrogen-bond donors (Lipinski definition) is 0. The van der Waals surface area contributed by atoms with E-state index < -0.39 is 12.0 Å². The van der Waals surface area contributed by atoms with E-state index in [1.807, 2.05) is 26.0 Å². The number of carbonyl (C=O) groups excluding carboxylic acids is 1. The number of aromatic nitrogens is 1. The molecule has 1 aliphatic rings. The summed E-state index contributed by atoms with van der Waals surface area (Å²) < 4.78 is 24.9. The molecule has 38 heavy (non-hydrogen) atoms. The average molecular weight is 597 g/mol. The van der Waals surface area contributed by atoms with Crippen LogP contribution in [0.4, 0.5) is 0 Å². The highest BCUT2D eigenvalue weighted by Gasteiger charge is 2.31. The molecule has 0 fully saturated rings. The van der Waals surface area contributed by atoms with Crippen molar-refractivity contribution in [1.82, 2.24) is 4.57 Å². The molecule has 0 saturated heterocycles. The van der Waals surface area contributed by atoms with Gasteiger partial charge in [0.25, 0.3) is 5.56 Å². The number of thiazole rings is 1. The van der Waals surface area contributed by atoms with E-state index in [-0.39, 0.29) is 17.7 Å². The first-order valence-corrected chi connectivity index (χ1v) is 13.4. The van der Waals surface area contributed by atoms with Crippen LogP contribution in [-0.2, 0) is 9.53 Å². The van der Waals surface area contributed by atoms with E-state index in [0.717, 1.165) is 4.47 Å². The van der Waals surface area contributed by atoms with Gasteiger partial charge in [0.1, 0.15) is 12.4 Å². The minimum absolute atomic E-state index is 0.0894. The van der Waals surface area contributed by atoms with Gasteiger partial charge in [-0.25, -0.2) is 9.79 Å². The van der Waals surface area contributed by atoms with Crippen molar-refractivity contribution in [1.29, 1.82) is 0 Å². The van der Waals surface area contributed by atoms with E-state index in [2.05, 4.69) is 26.8 Å². The monoisotopic (exact) mass is 596 g/mol. The molecule has 4 rings (SSSR count). The highest BCUT2D eigenvalue weighted by atomic mass is 79.9. The van der Waals surface area contributed by atoms with Gasteiger partial charge in [-0.3, -0.25) is 9.36 Å². The van der Waals surface area contributed by atoms with Gasteiger partial charge in [0.05, 0.1) is 36.5 Å². The van der Waals surface area contributed by atoms with Gasteiger partial charge in [-0.1, -0.05) is 39.3 Å². The third-order valence-corrected chi connectivity index (χ3v) is 7.07. The fraction of sp³-hybridized carbons (Fsp3) is 0.250. The van der Waals surface area contributed by atoms with E-state index >= 15 is 0 Å². The normalized spacial score (nSPS) is 14.6. The maximum absolute atomic E-state index is 13.8. The molecule has 0 bridgehead atoms. The number of fused-ring (bicyclic) bond motifs is 1. The smallest absolute Gasteiger partial charge is 0.337 e. The van der Waals surface area contributed by atoms with Crippen LogP contribution in [0.15, 0.2) is 62.4 Å². The minimum Gasteiger partial charge on any atom is -0.490 e. The second-order valence-electron chi connectivity index (χ2n) is 7.92. The lowest BCUT2D eigenvalue weighted by Gasteiger charge is -2.23. The van der Waals surface area contributed by atoms with E-state index in [1.54, 1.807) is 30.3 Å². The molecule has 2 aromatic carbocycles. The largest absolute Gasteiger partial charge is 0.490 e. The molecule has 0 saturated carbocycles. The zero-order valence-corrected chi connectivity index (χ0v) is 23.4. The van der Waals surface area contributed by atoms with Crippen LogP contribution < -0.4 is 29.1 Å². The third-order valence-electron chi connectivity index (χ3n) is 5.58. The number of methoxy groups -OCH3 is 1. The lowest BCUT2D eigenvalue weighted by atomic mass is 9.97. The zero-order valence-electron chi connectivity index (χ0n) is 21.0. The number of carbonyl (C=O) groups is 1. The van der Waals surface area contributed by atoms with Crippen LogP contribution in [0.2, 0.25) is 0 Å². The standard InChI is InChI=1S/C28H25BrN2O6S/c1-5-12-37-21-11-9-19(29)13-18(21)15-24-26(32)31-25(20(27(33)34-4)16-30-28(31)38-24)17-8-10-22(35-6-2)23(14-17)36-7-3/h1,8-11,13-16,25H,6-7,12H2,2-4H3/b24-15+/t25-/m1/s1.